The van der Waals surface area contributed by atoms with Crippen molar-refractivity contribution in [2.24, 2.45) is 14.1 Å². The average molecular weight is 523 g/mol. The minimum Gasteiger partial charge on any atom is -0.383 e. The van der Waals surface area contributed by atoms with E-state index in [-0.39, 0.29) is 40.2 Å². The molecule has 1 aliphatic heterocycles. The Morgan fingerprint density at radius 1 is 1.11 bits per heavy atom. The number of aromatic nitrogens is 9. The average Bonchev–Trinajstić information content (AvgIpc) is 3.48. The molecule has 0 saturated heterocycles. The third-order valence-corrected chi connectivity index (χ3v) is 6.17. The molecule has 3 N–H and O–H groups in total. The van der Waals surface area contributed by atoms with Crippen LogP contribution in [0.4, 0.5) is 33.6 Å². The highest BCUT2D eigenvalue weighted by Crippen LogP contribution is 2.44. The highest BCUT2D eigenvalue weighted by molar-refractivity contribution is 6.09. The lowest BCUT2D eigenvalue weighted by Gasteiger charge is -2.20. The molecule has 17 heteroatoms. The zero-order chi connectivity index (χ0) is 26.9. The molecule has 12 nitrogen and oxygen atoms in total. The van der Waals surface area contributed by atoms with Crippen LogP contribution in [0.1, 0.15) is 30.4 Å². The van der Waals surface area contributed by atoms with E-state index in [1.165, 1.54) is 22.6 Å². The third kappa shape index (κ3) is 3.72. The summed E-state index contributed by atoms with van der Waals surface area (Å²) in [4.78, 5) is 29.9. The van der Waals surface area contributed by atoms with Crippen LogP contribution in [0.25, 0.3) is 22.6 Å². The topological polar surface area (TPSA) is 155 Å². The summed E-state index contributed by atoms with van der Waals surface area (Å²) in [5.74, 6) is -5.84. The zero-order valence-electron chi connectivity index (χ0n) is 19.5. The van der Waals surface area contributed by atoms with Crippen LogP contribution in [-0.4, -0.2) is 62.7 Å². The Hall–Kier alpha value is -4.31. The smallest absolute Gasteiger partial charge is 0.383 e. The number of halogens is 5. The molecular formula is C20H18F5N11O. The van der Waals surface area contributed by atoms with E-state index < -0.39 is 36.3 Å². The fourth-order valence-electron chi connectivity index (χ4n) is 4.09. The molecule has 0 aliphatic carbocycles. The summed E-state index contributed by atoms with van der Waals surface area (Å²) in [6.45, 7) is 1.58. The fourth-order valence-corrected chi connectivity index (χ4v) is 4.09. The van der Waals surface area contributed by atoms with E-state index in [2.05, 4.69) is 40.7 Å². The minimum absolute atomic E-state index is 0.000259. The van der Waals surface area contributed by atoms with Gasteiger partial charge in [0.1, 0.15) is 34.3 Å². The lowest BCUT2D eigenvalue weighted by atomic mass is 9.81. The maximum absolute atomic E-state index is 13.5. The highest BCUT2D eigenvalue weighted by Gasteiger charge is 2.56. The molecule has 0 saturated carbocycles. The number of nitrogen functional groups attached to an aromatic ring is 1. The van der Waals surface area contributed by atoms with Crippen molar-refractivity contribution in [2.75, 3.05) is 11.1 Å². The summed E-state index contributed by atoms with van der Waals surface area (Å²) in [6.07, 6.45) is -5.14. The van der Waals surface area contributed by atoms with Gasteiger partial charge in [0.15, 0.2) is 11.5 Å². The van der Waals surface area contributed by atoms with Gasteiger partial charge in [0.2, 0.25) is 5.91 Å². The Kier molecular flexibility index (Phi) is 5.17. The fraction of sp³-hybridized carbons (Fsp3) is 0.400. The first-order valence-electron chi connectivity index (χ1n) is 10.7. The lowest BCUT2D eigenvalue weighted by molar-refractivity contribution is -0.284. The Morgan fingerprint density at radius 3 is 2.49 bits per heavy atom. The summed E-state index contributed by atoms with van der Waals surface area (Å²) in [7, 11) is 3.14. The molecule has 1 amide bonds. The van der Waals surface area contributed by atoms with Crippen molar-refractivity contribution in [1.82, 2.24) is 44.7 Å². The van der Waals surface area contributed by atoms with Gasteiger partial charge < -0.3 is 11.1 Å². The van der Waals surface area contributed by atoms with E-state index >= 15 is 0 Å². The van der Waals surface area contributed by atoms with Crippen molar-refractivity contribution in [3.63, 3.8) is 0 Å². The number of carbonyl (C=O) groups excluding carboxylic acids is 1. The van der Waals surface area contributed by atoms with Crippen molar-refractivity contribution in [3.8, 4) is 11.5 Å². The van der Waals surface area contributed by atoms with E-state index in [1.54, 1.807) is 20.2 Å². The first-order chi connectivity index (χ1) is 17.2. The van der Waals surface area contributed by atoms with Crippen molar-refractivity contribution in [2.45, 2.75) is 37.3 Å². The number of hydrogen-bond acceptors (Lipinski definition) is 9. The lowest BCUT2D eigenvalue weighted by Crippen LogP contribution is -2.36. The molecule has 1 aliphatic rings. The molecule has 0 bridgehead atoms. The van der Waals surface area contributed by atoms with Gasteiger partial charge in [-0.15, -0.1) is 5.10 Å². The van der Waals surface area contributed by atoms with Crippen molar-refractivity contribution in [3.05, 3.63) is 29.5 Å². The summed E-state index contributed by atoms with van der Waals surface area (Å²) in [6, 6.07) is 0. The number of hydrogen-bond donors (Lipinski definition) is 2. The largest absolute Gasteiger partial charge is 0.453 e. The van der Waals surface area contributed by atoms with Crippen molar-refractivity contribution >= 4 is 28.6 Å². The molecule has 0 spiro atoms. The maximum atomic E-state index is 13.5. The molecule has 194 valence electrons. The molecule has 0 aromatic carbocycles. The van der Waals surface area contributed by atoms with Crippen molar-refractivity contribution < 1.29 is 26.7 Å². The molecule has 0 radical (unpaired) electrons. The quantitative estimate of drug-likeness (QED) is 0.373. The number of alkyl halides is 5. The van der Waals surface area contributed by atoms with Crippen LogP contribution in [0.2, 0.25) is 0 Å². The molecule has 4 aromatic rings. The molecular weight excluding hydrogens is 505 g/mol. The van der Waals surface area contributed by atoms with E-state index in [9.17, 15) is 26.7 Å². The maximum Gasteiger partial charge on any atom is 0.453 e. The van der Waals surface area contributed by atoms with Crippen LogP contribution in [0.5, 0.6) is 0 Å². The van der Waals surface area contributed by atoms with Crippen LogP contribution >= 0.6 is 0 Å². The van der Waals surface area contributed by atoms with Crippen molar-refractivity contribution in [1.29, 1.82) is 0 Å². The number of nitrogens with two attached hydrogens (primary N) is 1. The van der Waals surface area contributed by atoms with Gasteiger partial charge in [-0.3, -0.25) is 14.2 Å². The second-order valence-electron chi connectivity index (χ2n) is 8.71. The SMILES string of the molecule is Cn1cc(C2(C)C(=O)Nc3nc(-c4nc(CCC(F)(F)C(F)(F)F)nc5c4cnn5C)nc(N)c32)nn1. The van der Waals surface area contributed by atoms with E-state index in [1.807, 2.05) is 0 Å². The number of rotatable bonds is 5. The molecule has 4 aromatic heterocycles. The summed E-state index contributed by atoms with van der Waals surface area (Å²) in [5, 5.41) is 14.9. The van der Waals surface area contributed by atoms with Crippen LogP contribution in [0.15, 0.2) is 12.4 Å². The molecule has 1 unspecified atom stereocenters. The normalized spacial score (nSPS) is 17.9. The summed E-state index contributed by atoms with van der Waals surface area (Å²) in [5.41, 5.74) is 5.62. The first kappa shape index (κ1) is 24.4. The number of fused-ring (bicyclic) bond motifs is 2. The molecule has 1 atom stereocenters. The predicted molar refractivity (Wildman–Crippen MR) is 117 cm³/mol. The standard InChI is InChI=1S/C20H18F5N11O/c1-18(9-7-35(2)34-33-9)11-13(26)30-15(31-14(11)32-17(18)37)12-8-6-27-36(3)16(8)29-10(28-12)4-5-19(21,22)20(23,24)25/h6-7H,4-5H2,1-3H3,(H3,26,30,31,32,37). The monoisotopic (exact) mass is 523 g/mol. The Balaban J connectivity index is 1.61. The molecule has 5 rings (SSSR count). The van der Waals surface area contributed by atoms with Gasteiger partial charge in [0, 0.05) is 33.1 Å². The van der Waals surface area contributed by atoms with Gasteiger partial charge in [-0.2, -0.15) is 27.1 Å². The van der Waals surface area contributed by atoms with E-state index in [4.69, 9.17) is 5.73 Å². The van der Waals surface area contributed by atoms with Crippen LogP contribution in [0.3, 0.4) is 0 Å². The first-order valence-corrected chi connectivity index (χ1v) is 10.7. The zero-order valence-corrected chi connectivity index (χ0v) is 19.5. The summed E-state index contributed by atoms with van der Waals surface area (Å²) >= 11 is 0. The van der Waals surface area contributed by atoms with Crippen LogP contribution in [-0.2, 0) is 30.7 Å². The minimum atomic E-state index is -5.71. The number of amides is 1. The van der Waals surface area contributed by atoms with Gasteiger partial charge in [-0.25, -0.2) is 19.9 Å². The Bertz CT molecular complexity index is 1560. The Morgan fingerprint density at radius 2 is 1.84 bits per heavy atom. The number of carbonyl (C=O) groups is 1. The second kappa shape index (κ2) is 7.84. The van der Waals surface area contributed by atoms with Gasteiger partial charge in [0.05, 0.1) is 17.1 Å². The molecule has 37 heavy (non-hydrogen) atoms. The number of aryl methyl sites for hydroxylation is 3. The van der Waals surface area contributed by atoms with E-state index in [0.29, 0.717) is 11.1 Å². The van der Waals surface area contributed by atoms with Gasteiger partial charge in [-0.1, -0.05) is 5.21 Å². The van der Waals surface area contributed by atoms with Crippen LogP contribution in [0, 0.1) is 0 Å². The van der Waals surface area contributed by atoms with E-state index in [0.717, 1.165) is 0 Å². The van der Waals surface area contributed by atoms with Gasteiger partial charge in [-0.05, 0) is 6.92 Å². The van der Waals surface area contributed by atoms with Gasteiger partial charge in [0.25, 0.3) is 0 Å². The Labute approximate surface area is 204 Å². The second-order valence-corrected chi connectivity index (χ2v) is 8.71. The highest BCUT2D eigenvalue weighted by atomic mass is 19.4. The molecule has 0 fully saturated rings. The number of nitrogens with zero attached hydrogens (tertiary/aromatic N) is 9. The third-order valence-electron chi connectivity index (χ3n) is 6.17. The molecule has 5 heterocycles. The summed E-state index contributed by atoms with van der Waals surface area (Å²) < 4.78 is 67.8. The van der Waals surface area contributed by atoms with Gasteiger partial charge >= 0.3 is 12.1 Å². The number of nitrogens with one attached hydrogen (secondary N) is 1. The number of anilines is 2. The predicted octanol–water partition coefficient (Wildman–Crippen LogP) is 1.92. The van der Waals surface area contributed by atoms with Crippen LogP contribution < -0.4 is 11.1 Å².